The summed E-state index contributed by atoms with van der Waals surface area (Å²) in [7, 11) is 0. The molecule has 0 saturated carbocycles. The lowest BCUT2D eigenvalue weighted by Gasteiger charge is -2.09. The Labute approximate surface area is 143 Å². The van der Waals surface area contributed by atoms with Gasteiger partial charge in [-0.1, -0.05) is 24.3 Å². The molecular weight excluding hydrogens is 334 g/mol. The maximum Gasteiger partial charge on any atom is 0.315 e. The first kappa shape index (κ1) is 17.6. The molecule has 0 spiro atoms. The molecule has 0 saturated heterocycles. The number of aromatic hydroxyl groups is 1. The van der Waals surface area contributed by atoms with Crippen LogP contribution < -0.4 is 4.74 Å². The number of carbonyl (C=O) groups is 1. The van der Waals surface area contributed by atoms with Crippen LogP contribution in [0.25, 0.3) is 0 Å². The Morgan fingerprint density at radius 1 is 1.21 bits per heavy atom. The van der Waals surface area contributed by atoms with Crippen molar-refractivity contribution in [1.29, 1.82) is 0 Å². The Morgan fingerprint density at radius 2 is 1.96 bits per heavy atom. The van der Waals surface area contributed by atoms with Crippen molar-refractivity contribution >= 4 is 18.6 Å². The van der Waals surface area contributed by atoms with E-state index in [1.165, 1.54) is 18.2 Å². The van der Waals surface area contributed by atoms with Gasteiger partial charge >= 0.3 is 5.97 Å². The molecule has 126 valence electrons. The van der Waals surface area contributed by atoms with E-state index in [2.05, 4.69) is 17.5 Å². The molecule has 0 radical (unpaired) electrons. The summed E-state index contributed by atoms with van der Waals surface area (Å²) in [5.74, 6) is 0.221. The lowest BCUT2D eigenvalue weighted by Crippen LogP contribution is -2.12. The van der Waals surface area contributed by atoms with Gasteiger partial charge in [-0.15, -0.1) is 10.1 Å². The topological polar surface area (TPSA) is 98.9 Å². The second-order valence-electron chi connectivity index (χ2n) is 4.92. The Morgan fingerprint density at radius 3 is 2.67 bits per heavy atom. The number of hydrogen-bond acceptors (Lipinski definition) is 7. The van der Waals surface area contributed by atoms with Gasteiger partial charge in [0.1, 0.15) is 18.1 Å². The summed E-state index contributed by atoms with van der Waals surface area (Å²) in [4.78, 5) is 26.6. The predicted molar refractivity (Wildman–Crippen MR) is 88.4 cm³/mol. The third-order valence-electron chi connectivity index (χ3n) is 3.11. The molecule has 0 bridgehead atoms. The number of phenolic OH excluding ortho intramolecular Hbond substituents is 1. The molecule has 0 heterocycles. The number of ether oxygens (including phenoxy) is 1. The van der Waals surface area contributed by atoms with E-state index in [0.29, 0.717) is 28.2 Å². The van der Waals surface area contributed by atoms with Gasteiger partial charge in [-0.05, 0) is 29.3 Å². The monoisotopic (exact) mass is 349 g/mol. The van der Waals surface area contributed by atoms with Crippen LogP contribution in [0.1, 0.15) is 16.7 Å². The van der Waals surface area contributed by atoms with Crippen molar-refractivity contribution in [2.75, 3.05) is 0 Å². The molecule has 0 fully saturated rings. The first-order valence-electron chi connectivity index (χ1n) is 6.96. The maximum absolute atomic E-state index is 12.1. The van der Waals surface area contributed by atoms with Crippen molar-refractivity contribution in [3.05, 3.63) is 69.3 Å². The van der Waals surface area contributed by atoms with Crippen LogP contribution in [-0.4, -0.2) is 16.2 Å². The third-order valence-corrected chi connectivity index (χ3v) is 3.46. The average molecular weight is 349 g/mol. The summed E-state index contributed by atoms with van der Waals surface area (Å²) in [5.41, 5.74) is 1.83. The van der Waals surface area contributed by atoms with Crippen LogP contribution in [-0.2, 0) is 28.4 Å². The van der Waals surface area contributed by atoms with Crippen molar-refractivity contribution in [2.24, 2.45) is 0 Å². The highest BCUT2D eigenvalue weighted by Gasteiger charge is 2.11. The highest BCUT2D eigenvalue weighted by atomic mass is 32.1. The smallest absolute Gasteiger partial charge is 0.315 e. The highest BCUT2D eigenvalue weighted by molar-refractivity contribution is 7.79. The largest absolute Gasteiger partial charge is 0.508 e. The molecule has 1 N–H and O–H groups in total. The van der Waals surface area contributed by atoms with E-state index >= 15 is 0 Å². The quantitative estimate of drug-likeness (QED) is 0.262. The van der Waals surface area contributed by atoms with Gasteiger partial charge in [0.25, 0.3) is 5.09 Å². The molecule has 7 nitrogen and oxygen atoms in total. The summed E-state index contributed by atoms with van der Waals surface area (Å²) in [6.07, 6.45) is -0.000801. The molecule has 0 aliphatic carbocycles. The zero-order chi connectivity index (χ0) is 17.5. The number of phenols is 1. The Bertz CT molecular complexity index is 749. The van der Waals surface area contributed by atoms with Crippen LogP contribution in [0.4, 0.5) is 0 Å². The van der Waals surface area contributed by atoms with E-state index in [9.17, 15) is 20.0 Å². The molecule has 0 aliphatic rings. The fraction of sp³-hybridized carbons (Fsp3) is 0.188. The van der Waals surface area contributed by atoms with E-state index in [4.69, 9.17) is 4.74 Å². The average Bonchev–Trinajstić information content (AvgIpc) is 2.55. The molecule has 24 heavy (non-hydrogen) atoms. The number of hydrogen-bond donors (Lipinski definition) is 2. The van der Waals surface area contributed by atoms with Crippen molar-refractivity contribution in [2.45, 2.75) is 18.8 Å². The molecule has 0 unspecified atom stereocenters. The number of benzene rings is 2. The zero-order valence-corrected chi connectivity index (χ0v) is 13.4. The number of esters is 1. The van der Waals surface area contributed by atoms with Gasteiger partial charge in [0, 0.05) is 11.3 Å². The van der Waals surface area contributed by atoms with E-state index < -0.39 is 11.1 Å². The summed E-state index contributed by atoms with van der Waals surface area (Å²) < 4.78 is 5.29. The van der Waals surface area contributed by atoms with E-state index in [0.717, 1.165) is 0 Å². The lowest BCUT2D eigenvalue weighted by molar-refractivity contribution is -0.763. The molecule has 2 aromatic rings. The van der Waals surface area contributed by atoms with Gasteiger partial charge in [0.05, 0.1) is 6.42 Å². The standard InChI is InChI=1S/C16H15NO6S/c18-14-4-5-15(13(8-14)10-24)23-16(19)7-11-2-1-3-12(6-11)9-22-17(20)21/h1-6,8,18,24H,7,9-10H2. The van der Waals surface area contributed by atoms with Gasteiger partial charge < -0.3 is 14.7 Å². The van der Waals surface area contributed by atoms with Crippen molar-refractivity contribution in [3.63, 3.8) is 0 Å². The van der Waals surface area contributed by atoms with E-state index in [1.807, 2.05) is 0 Å². The van der Waals surface area contributed by atoms with E-state index in [-0.39, 0.29) is 18.8 Å². The summed E-state index contributed by atoms with van der Waals surface area (Å²) in [6.45, 7) is -0.183. The fourth-order valence-corrected chi connectivity index (χ4v) is 2.32. The highest BCUT2D eigenvalue weighted by Crippen LogP contribution is 2.25. The summed E-state index contributed by atoms with van der Waals surface area (Å²) in [5, 5.41) is 18.8. The van der Waals surface area contributed by atoms with Crippen LogP contribution in [0, 0.1) is 10.1 Å². The molecule has 2 rings (SSSR count). The second kappa shape index (κ2) is 8.21. The molecule has 0 aromatic heterocycles. The van der Waals surface area contributed by atoms with Crippen molar-refractivity contribution in [3.8, 4) is 11.5 Å². The molecule has 0 amide bonds. The van der Waals surface area contributed by atoms with Crippen LogP contribution in [0.3, 0.4) is 0 Å². The lowest BCUT2D eigenvalue weighted by atomic mass is 10.1. The fourth-order valence-electron chi connectivity index (χ4n) is 2.07. The normalized spacial score (nSPS) is 10.2. The van der Waals surface area contributed by atoms with Gasteiger partial charge in [0.15, 0.2) is 0 Å². The Kier molecular flexibility index (Phi) is 6.02. The van der Waals surface area contributed by atoms with Gasteiger partial charge in [-0.3, -0.25) is 4.79 Å². The summed E-state index contributed by atoms with van der Waals surface area (Å²) >= 11 is 4.13. The zero-order valence-electron chi connectivity index (χ0n) is 12.5. The SMILES string of the molecule is O=C(Cc1cccc(CO[N+](=O)[O-])c1)Oc1ccc(O)cc1CS. The molecule has 0 atom stereocenters. The van der Waals surface area contributed by atoms with Crippen LogP contribution in [0.5, 0.6) is 11.5 Å². The first-order chi connectivity index (χ1) is 11.5. The maximum atomic E-state index is 12.1. The molecule has 8 heteroatoms. The molecule has 0 aliphatic heterocycles. The number of nitrogens with zero attached hydrogens (tertiary/aromatic N) is 1. The third kappa shape index (κ3) is 5.17. The minimum atomic E-state index is -0.870. The molecular formula is C16H15NO6S. The van der Waals surface area contributed by atoms with Crippen molar-refractivity contribution in [1.82, 2.24) is 0 Å². The minimum Gasteiger partial charge on any atom is -0.508 e. The minimum absolute atomic E-state index is 0.000801. The van der Waals surface area contributed by atoms with Crippen LogP contribution in [0.2, 0.25) is 0 Å². The second-order valence-corrected chi connectivity index (χ2v) is 5.23. The van der Waals surface area contributed by atoms with Gasteiger partial charge in [-0.2, -0.15) is 12.6 Å². The Balaban J connectivity index is 2.02. The van der Waals surface area contributed by atoms with Gasteiger partial charge in [-0.25, -0.2) is 0 Å². The van der Waals surface area contributed by atoms with Gasteiger partial charge in [0.2, 0.25) is 0 Å². The number of carbonyl (C=O) groups excluding carboxylic acids is 1. The molecule has 2 aromatic carbocycles. The number of rotatable bonds is 7. The van der Waals surface area contributed by atoms with Crippen molar-refractivity contribution < 1.29 is 24.6 Å². The first-order valence-corrected chi connectivity index (χ1v) is 7.59. The van der Waals surface area contributed by atoms with Crippen LogP contribution in [0.15, 0.2) is 42.5 Å². The number of thiol groups is 1. The van der Waals surface area contributed by atoms with Crippen LogP contribution >= 0.6 is 12.6 Å². The summed E-state index contributed by atoms with van der Waals surface area (Å²) in [6, 6.07) is 11.1. The predicted octanol–water partition coefficient (Wildman–Crippen LogP) is 2.68. The van der Waals surface area contributed by atoms with E-state index in [1.54, 1.807) is 24.3 Å². The Hall–Kier alpha value is -2.74.